The topological polar surface area (TPSA) is 46.5 Å². The zero-order chi connectivity index (χ0) is 9.19. The number of halogens is 1. The van der Waals surface area contributed by atoms with Crippen molar-refractivity contribution in [3.63, 3.8) is 0 Å². The predicted octanol–water partition coefficient (Wildman–Crippen LogP) is 0.973. The lowest BCUT2D eigenvalue weighted by molar-refractivity contribution is -0.104. The van der Waals surface area contributed by atoms with E-state index in [9.17, 15) is 9.90 Å². The summed E-state index contributed by atoms with van der Waals surface area (Å²) in [6.07, 6.45) is 3.85. The molecule has 1 unspecified atom stereocenters. The number of alkyl halides is 1. The van der Waals surface area contributed by atoms with Crippen molar-refractivity contribution in [1.82, 2.24) is 0 Å². The van der Waals surface area contributed by atoms with Crippen molar-refractivity contribution in [2.24, 2.45) is 0 Å². The molecule has 0 aromatic heterocycles. The molecule has 0 amide bonds. The third-order valence-electron chi connectivity index (χ3n) is 1.64. The molecular formula is C8H9ClO3. The van der Waals surface area contributed by atoms with Gasteiger partial charge in [-0.2, -0.15) is 0 Å². The number of hydrogen-bond donors (Lipinski definition) is 1. The average Bonchev–Trinajstić information content (AvgIpc) is 2.04. The number of aliphatic hydroxyl groups is 1. The summed E-state index contributed by atoms with van der Waals surface area (Å²) in [5.74, 6) is 0.203. The molecule has 0 saturated heterocycles. The molecule has 0 spiro atoms. The van der Waals surface area contributed by atoms with Gasteiger partial charge in [-0.05, 0) is 6.08 Å². The average molecular weight is 189 g/mol. The van der Waals surface area contributed by atoms with E-state index in [1.54, 1.807) is 6.08 Å². The zero-order valence-corrected chi connectivity index (χ0v) is 7.34. The van der Waals surface area contributed by atoms with Crippen LogP contribution in [0.5, 0.6) is 0 Å². The first-order chi connectivity index (χ1) is 5.60. The Balaban J connectivity index is 2.93. The number of hydrogen-bond acceptors (Lipinski definition) is 3. The van der Waals surface area contributed by atoms with Gasteiger partial charge in [-0.1, -0.05) is 17.7 Å². The molecule has 12 heavy (non-hydrogen) atoms. The molecule has 0 radical (unpaired) electrons. The number of carbonyl (C=O) groups excluding carboxylic acids is 1. The molecule has 0 aromatic rings. The maximum atomic E-state index is 10.3. The summed E-state index contributed by atoms with van der Waals surface area (Å²) < 4.78 is 4.82. The fraction of sp³-hybridized carbons (Fsp3) is 0.375. The summed E-state index contributed by atoms with van der Waals surface area (Å²) in [4.78, 5) is 10.3. The van der Waals surface area contributed by atoms with Gasteiger partial charge in [-0.25, -0.2) is 0 Å². The molecule has 0 aliphatic heterocycles. The van der Waals surface area contributed by atoms with Gasteiger partial charge >= 0.3 is 0 Å². The van der Waals surface area contributed by atoms with Crippen LogP contribution in [0.25, 0.3) is 0 Å². The minimum atomic E-state index is -1.50. The molecule has 0 bridgehead atoms. The minimum Gasteiger partial charge on any atom is -0.497 e. The molecule has 1 atom stereocenters. The van der Waals surface area contributed by atoms with Crippen LogP contribution in [0.2, 0.25) is 0 Å². The maximum Gasteiger partial charge on any atom is 0.199 e. The van der Waals surface area contributed by atoms with Gasteiger partial charge in [0.15, 0.2) is 5.06 Å². The van der Waals surface area contributed by atoms with Crippen molar-refractivity contribution in [2.45, 2.75) is 11.5 Å². The Bertz CT molecular complexity index is 253. The van der Waals surface area contributed by atoms with E-state index in [-0.39, 0.29) is 12.2 Å². The third-order valence-corrected chi connectivity index (χ3v) is 1.98. The second-order valence-corrected chi connectivity index (χ2v) is 3.12. The molecular weight excluding hydrogens is 180 g/mol. The largest absolute Gasteiger partial charge is 0.497 e. The highest BCUT2D eigenvalue weighted by Crippen LogP contribution is 2.31. The van der Waals surface area contributed by atoms with Crippen LogP contribution in [0.3, 0.4) is 0 Å². The molecule has 0 fully saturated rings. The molecule has 0 heterocycles. The maximum absolute atomic E-state index is 10.3. The van der Waals surface area contributed by atoms with Gasteiger partial charge in [0.05, 0.1) is 7.11 Å². The number of ether oxygens (including phenoxy) is 1. The van der Waals surface area contributed by atoms with Gasteiger partial charge in [-0.3, -0.25) is 4.79 Å². The van der Waals surface area contributed by atoms with Crippen molar-refractivity contribution in [3.05, 3.63) is 23.5 Å². The summed E-state index contributed by atoms with van der Waals surface area (Å²) in [6, 6.07) is 0. The highest BCUT2D eigenvalue weighted by atomic mass is 35.5. The monoisotopic (exact) mass is 188 g/mol. The first kappa shape index (κ1) is 9.29. The fourth-order valence-electron chi connectivity index (χ4n) is 0.972. The van der Waals surface area contributed by atoms with Gasteiger partial charge < -0.3 is 9.84 Å². The molecule has 0 aromatic carbocycles. The molecule has 4 heteroatoms. The normalized spacial score (nSPS) is 28.9. The summed E-state index contributed by atoms with van der Waals surface area (Å²) in [6.45, 7) is 0. The molecule has 66 valence electrons. The third kappa shape index (κ3) is 1.68. The lowest BCUT2D eigenvalue weighted by atomic mass is 10.0. The first-order valence-corrected chi connectivity index (χ1v) is 3.81. The Morgan fingerprint density at radius 1 is 1.83 bits per heavy atom. The highest BCUT2D eigenvalue weighted by Gasteiger charge is 2.31. The summed E-state index contributed by atoms with van der Waals surface area (Å²) >= 11 is 5.66. The summed E-state index contributed by atoms with van der Waals surface area (Å²) in [7, 11) is 1.40. The van der Waals surface area contributed by atoms with Gasteiger partial charge in [0.1, 0.15) is 12.0 Å². The van der Waals surface area contributed by atoms with Crippen LogP contribution in [0, 0.1) is 0 Å². The Hall–Kier alpha value is -0.800. The Labute approximate surface area is 75.3 Å². The van der Waals surface area contributed by atoms with Crippen molar-refractivity contribution < 1.29 is 14.6 Å². The molecule has 1 aliphatic rings. The van der Waals surface area contributed by atoms with Crippen LogP contribution in [0.4, 0.5) is 0 Å². The lowest BCUT2D eigenvalue weighted by Gasteiger charge is -2.24. The smallest absolute Gasteiger partial charge is 0.199 e. The Kier molecular flexibility index (Phi) is 2.55. The number of aldehydes is 1. The number of methoxy groups -OCH3 is 1. The second kappa shape index (κ2) is 3.29. The van der Waals surface area contributed by atoms with Crippen LogP contribution in [0.1, 0.15) is 6.42 Å². The summed E-state index contributed by atoms with van der Waals surface area (Å²) in [5.41, 5.74) is 0.470. The van der Waals surface area contributed by atoms with Gasteiger partial charge in [-0.15, -0.1) is 0 Å². The minimum absolute atomic E-state index is 0.183. The van der Waals surface area contributed by atoms with Gasteiger partial charge in [0.25, 0.3) is 0 Å². The summed E-state index contributed by atoms with van der Waals surface area (Å²) in [5, 5.41) is 7.96. The SMILES string of the molecule is COC1=CC(C=O)=CCC1(O)Cl. The van der Waals surface area contributed by atoms with E-state index < -0.39 is 5.06 Å². The lowest BCUT2D eigenvalue weighted by Crippen LogP contribution is -2.26. The number of allylic oxidation sites excluding steroid dienone is 2. The Morgan fingerprint density at radius 3 is 3.00 bits per heavy atom. The number of carbonyl (C=O) groups is 1. The van der Waals surface area contributed by atoms with E-state index in [1.165, 1.54) is 13.2 Å². The fourth-order valence-corrected chi connectivity index (χ4v) is 1.18. The van der Waals surface area contributed by atoms with Gasteiger partial charge in [0.2, 0.25) is 0 Å². The van der Waals surface area contributed by atoms with E-state index in [0.717, 1.165) is 0 Å². The second-order valence-electron chi connectivity index (χ2n) is 2.50. The quantitative estimate of drug-likeness (QED) is 0.519. The molecule has 3 nitrogen and oxygen atoms in total. The predicted molar refractivity (Wildman–Crippen MR) is 44.7 cm³/mol. The molecule has 1 rings (SSSR count). The number of rotatable bonds is 2. The molecule has 1 N–H and O–H groups in total. The van der Waals surface area contributed by atoms with Crippen LogP contribution >= 0.6 is 11.6 Å². The van der Waals surface area contributed by atoms with E-state index in [4.69, 9.17) is 16.3 Å². The molecule has 0 saturated carbocycles. The van der Waals surface area contributed by atoms with E-state index in [0.29, 0.717) is 11.9 Å². The standard InChI is InChI=1S/C8H9ClO3/c1-12-7-4-6(5-10)2-3-8(7,9)11/h2,4-5,11H,3H2,1H3. The van der Waals surface area contributed by atoms with Crippen molar-refractivity contribution in [1.29, 1.82) is 0 Å². The van der Waals surface area contributed by atoms with E-state index >= 15 is 0 Å². The van der Waals surface area contributed by atoms with E-state index in [1.807, 2.05) is 0 Å². The molecule has 1 aliphatic carbocycles. The van der Waals surface area contributed by atoms with Gasteiger partial charge in [0, 0.05) is 12.0 Å². The van der Waals surface area contributed by atoms with Crippen molar-refractivity contribution in [3.8, 4) is 0 Å². The van der Waals surface area contributed by atoms with Crippen LogP contribution in [-0.2, 0) is 9.53 Å². The first-order valence-electron chi connectivity index (χ1n) is 3.43. The van der Waals surface area contributed by atoms with Crippen molar-refractivity contribution >= 4 is 17.9 Å². The van der Waals surface area contributed by atoms with E-state index in [2.05, 4.69) is 0 Å². The van der Waals surface area contributed by atoms with Crippen LogP contribution in [0.15, 0.2) is 23.5 Å². The highest BCUT2D eigenvalue weighted by molar-refractivity contribution is 6.24. The van der Waals surface area contributed by atoms with Crippen molar-refractivity contribution in [2.75, 3.05) is 7.11 Å². The zero-order valence-electron chi connectivity index (χ0n) is 6.58. The van der Waals surface area contributed by atoms with Crippen LogP contribution < -0.4 is 0 Å². The Morgan fingerprint density at radius 2 is 2.50 bits per heavy atom. The van der Waals surface area contributed by atoms with Crippen LogP contribution in [-0.4, -0.2) is 23.6 Å².